The Balaban J connectivity index is 2.24. The van der Waals surface area contributed by atoms with Crippen molar-refractivity contribution in [1.29, 1.82) is 0 Å². The van der Waals surface area contributed by atoms with Crippen molar-refractivity contribution in [2.75, 3.05) is 0 Å². The molecular weight excluding hydrogens is 386 g/mol. The summed E-state index contributed by atoms with van der Waals surface area (Å²) in [5.41, 5.74) is 2.70. The second-order valence-electron chi connectivity index (χ2n) is 5.09. The summed E-state index contributed by atoms with van der Waals surface area (Å²) < 4.78 is 20.6. The highest BCUT2D eigenvalue weighted by molar-refractivity contribution is 9.11. The van der Waals surface area contributed by atoms with Gasteiger partial charge in [-0.2, -0.15) is 0 Å². The van der Waals surface area contributed by atoms with Gasteiger partial charge in [-0.25, -0.2) is 4.21 Å². The predicted octanol–water partition coefficient (Wildman–Crippen LogP) is 4.04. The van der Waals surface area contributed by atoms with Gasteiger partial charge in [0.2, 0.25) is 0 Å². The first-order valence-electron chi connectivity index (χ1n) is 6.63. The summed E-state index contributed by atoms with van der Waals surface area (Å²) in [6.45, 7) is 3.84. The molecule has 2 aromatic rings. The topological polar surface area (TPSA) is 66.4 Å². The molecule has 22 heavy (non-hydrogen) atoms. The molecule has 0 aliphatic rings. The number of carbonyl (C=O) groups excluding carboxylic acids is 1. The predicted molar refractivity (Wildman–Crippen MR) is 94.5 cm³/mol. The number of thiophene rings is 1. The summed E-state index contributed by atoms with van der Waals surface area (Å²) in [6, 6.07) is 9.36. The van der Waals surface area contributed by atoms with E-state index >= 15 is 0 Å². The molecule has 0 spiro atoms. The van der Waals surface area contributed by atoms with Crippen molar-refractivity contribution >= 4 is 44.3 Å². The molecule has 2 N–H and O–H groups in total. The van der Waals surface area contributed by atoms with Gasteiger partial charge in [0, 0.05) is 11.6 Å². The van der Waals surface area contributed by atoms with E-state index in [-0.39, 0.29) is 17.7 Å². The van der Waals surface area contributed by atoms with Gasteiger partial charge in [-0.1, -0.05) is 24.3 Å². The van der Waals surface area contributed by atoms with Crippen molar-refractivity contribution in [3.05, 3.63) is 44.6 Å². The fourth-order valence-corrected chi connectivity index (χ4v) is 4.09. The minimum atomic E-state index is -1.84. The van der Waals surface area contributed by atoms with E-state index in [1.165, 1.54) is 11.3 Å². The number of rotatable bonds is 5. The van der Waals surface area contributed by atoms with Crippen molar-refractivity contribution in [3.8, 4) is 11.1 Å². The van der Waals surface area contributed by atoms with Crippen LogP contribution in [0.1, 0.15) is 29.1 Å². The van der Waals surface area contributed by atoms with Gasteiger partial charge in [0.1, 0.15) is 0 Å². The van der Waals surface area contributed by atoms with E-state index in [1.54, 1.807) is 0 Å². The maximum atomic E-state index is 12.0. The number of hydrogen-bond acceptors (Lipinski definition) is 3. The first-order chi connectivity index (χ1) is 10.4. The Labute approximate surface area is 144 Å². The molecule has 0 aliphatic carbocycles. The highest BCUT2D eigenvalue weighted by atomic mass is 79.9. The molecule has 0 saturated heterocycles. The van der Waals surface area contributed by atoms with Crippen LogP contribution in [-0.4, -0.2) is 20.7 Å². The van der Waals surface area contributed by atoms with Crippen LogP contribution in [0.4, 0.5) is 0 Å². The molecule has 1 aromatic heterocycles. The van der Waals surface area contributed by atoms with Gasteiger partial charge in [-0.3, -0.25) is 4.79 Å². The highest BCUT2D eigenvalue weighted by Crippen LogP contribution is 2.36. The minimum absolute atomic E-state index is 0.0840. The van der Waals surface area contributed by atoms with E-state index in [0.29, 0.717) is 4.88 Å². The smallest absolute Gasteiger partial charge is 0.261 e. The quantitative estimate of drug-likeness (QED) is 0.742. The van der Waals surface area contributed by atoms with Crippen LogP contribution in [0.3, 0.4) is 0 Å². The van der Waals surface area contributed by atoms with E-state index in [2.05, 4.69) is 21.2 Å². The lowest BCUT2D eigenvalue weighted by molar-refractivity contribution is 0.0947. The molecule has 0 bridgehead atoms. The third kappa shape index (κ3) is 4.49. The highest BCUT2D eigenvalue weighted by Gasteiger charge is 2.15. The Morgan fingerprint density at radius 3 is 2.55 bits per heavy atom. The van der Waals surface area contributed by atoms with Crippen LogP contribution in [0.2, 0.25) is 0 Å². The molecule has 1 amide bonds. The van der Waals surface area contributed by atoms with Crippen molar-refractivity contribution < 1.29 is 13.6 Å². The number of hydrogen-bond donors (Lipinski definition) is 2. The molecule has 1 heterocycles. The van der Waals surface area contributed by atoms with Crippen LogP contribution in [0.25, 0.3) is 11.1 Å². The molecule has 0 saturated carbocycles. The first-order valence-corrected chi connectivity index (χ1v) is 9.52. The van der Waals surface area contributed by atoms with E-state index in [0.717, 1.165) is 20.5 Å². The first kappa shape index (κ1) is 17.3. The van der Waals surface area contributed by atoms with E-state index < -0.39 is 11.1 Å². The molecular formula is C15H16BrNO3S2. The van der Waals surface area contributed by atoms with Crippen LogP contribution >= 0.6 is 27.3 Å². The van der Waals surface area contributed by atoms with Gasteiger partial charge in [0.15, 0.2) is 11.1 Å². The Bertz CT molecular complexity index is 695. The summed E-state index contributed by atoms with van der Waals surface area (Å²) in [5, 5.41) is 2.87. The summed E-state index contributed by atoms with van der Waals surface area (Å²) in [6.07, 6.45) is 0. The summed E-state index contributed by atoms with van der Waals surface area (Å²) in [7, 11) is 0. The van der Waals surface area contributed by atoms with Crippen molar-refractivity contribution in [3.63, 3.8) is 0 Å². The van der Waals surface area contributed by atoms with Gasteiger partial charge < -0.3 is 9.87 Å². The molecule has 0 radical (unpaired) electrons. The molecule has 118 valence electrons. The summed E-state index contributed by atoms with van der Waals surface area (Å²) >= 11 is 3.05. The van der Waals surface area contributed by atoms with Crippen LogP contribution in [0.15, 0.2) is 34.1 Å². The number of benzene rings is 1. The maximum absolute atomic E-state index is 12.0. The number of amides is 1. The lowest BCUT2D eigenvalue weighted by Gasteiger charge is -2.05. The monoisotopic (exact) mass is 401 g/mol. The van der Waals surface area contributed by atoms with Crippen LogP contribution in [0, 0.1) is 0 Å². The number of nitrogens with one attached hydrogen (secondary N) is 1. The standard InChI is InChI=1S/C15H16BrNO3S2/c1-9(2)17-15(18)13-7-12(14(16)21-13)11-5-3-10(4-6-11)8-22(19)20/h3-7,9H,8H2,1-2H3,(H,17,18)(H,19,20). The lowest BCUT2D eigenvalue weighted by Crippen LogP contribution is -2.29. The Kier molecular flexibility index (Phi) is 5.91. The molecule has 7 heteroatoms. The largest absolute Gasteiger partial charge is 0.349 e. The van der Waals surface area contributed by atoms with Gasteiger partial charge in [0.25, 0.3) is 5.91 Å². The molecule has 1 unspecified atom stereocenters. The fourth-order valence-electron chi connectivity index (χ4n) is 1.93. The summed E-state index contributed by atoms with van der Waals surface area (Å²) in [5.74, 6) is 0.0342. The third-order valence-electron chi connectivity index (χ3n) is 2.89. The zero-order chi connectivity index (χ0) is 16.3. The molecule has 4 nitrogen and oxygen atoms in total. The minimum Gasteiger partial charge on any atom is -0.349 e. The zero-order valence-corrected chi connectivity index (χ0v) is 15.3. The van der Waals surface area contributed by atoms with Crippen LogP contribution in [-0.2, 0) is 16.8 Å². The molecule has 0 fully saturated rings. The van der Waals surface area contributed by atoms with E-state index in [4.69, 9.17) is 4.55 Å². The maximum Gasteiger partial charge on any atom is 0.261 e. The Hall–Kier alpha value is -1.02. The van der Waals surface area contributed by atoms with Crippen molar-refractivity contribution in [2.24, 2.45) is 0 Å². The number of halogens is 1. The van der Waals surface area contributed by atoms with Gasteiger partial charge in [-0.15, -0.1) is 11.3 Å². The Morgan fingerprint density at radius 2 is 2.00 bits per heavy atom. The molecule has 2 rings (SSSR count). The lowest BCUT2D eigenvalue weighted by atomic mass is 10.1. The Morgan fingerprint density at radius 1 is 1.36 bits per heavy atom. The molecule has 1 atom stereocenters. The van der Waals surface area contributed by atoms with Crippen LogP contribution < -0.4 is 5.32 Å². The number of carbonyl (C=O) groups is 1. The van der Waals surface area contributed by atoms with Gasteiger partial charge in [0.05, 0.1) is 14.4 Å². The van der Waals surface area contributed by atoms with Gasteiger partial charge in [-0.05, 0) is 47.0 Å². The summed E-state index contributed by atoms with van der Waals surface area (Å²) in [4.78, 5) is 12.7. The second-order valence-corrected chi connectivity index (χ2v) is 8.39. The molecule has 1 aromatic carbocycles. The van der Waals surface area contributed by atoms with E-state index in [9.17, 15) is 9.00 Å². The second kappa shape index (κ2) is 7.50. The van der Waals surface area contributed by atoms with E-state index in [1.807, 2.05) is 44.2 Å². The fraction of sp³-hybridized carbons (Fsp3) is 0.267. The average Bonchev–Trinajstić information content (AvgIpc) is 2.80. The van der Waals surface area contributed by atoms with Crippen LogP contribution in [0.5, 0.6) is 0 Å². The van der Waals surface area contributed by atoms with Gasteiger partial charge >= 0.3 is 0 Å². The zero-order valence-electron chi connectivity index (χ0n) is 12.1. The normalized spacial score (nSPS) is 12.4. The third-order valence-corrected chi connectivity index (χ3v) is 5.30. The SMILES string of the molecule is CC(C)NC(=O)c1cc(-c2ccc(CS(=O)O)cc2)c(Br)s1. The van der Waals surface area contributed by atoms with Crippen molar-refractivity contribution in [1.82, 2.24) is 5.32 Å². The van der Waals surface area contributed by atoms with Crippen molar-refractivity contribution in [2.45, 2.75) is 25.6 Å². The average molecular weight is 402 g/mol. The molecule has 0 aliphatic heterocycles.